The number of amides is 3. The molecular weight excluding hydrogens is 622 g/mol. The molecule has 1 fully saturated rings. The van der Waals surface area contributed by atoms with Crippen molar-refractivity contribution in [1.29, 1.82) is 0 Å². The molecule has 1 saturated heterocycles. The van der Waals surface area contributed by atoms with Crippen LogP contribution in [0.2, 0.25) is 0 Å². The van der Waals surface area contributed by atoms with Gasteiger partial charge in [-0.2, -0.15) is 0 Å². The first-order chi connectivity index (χ1) is 22.7. The third-order valence-electron chi connectivity index (χ3n) is 8.20. The molecule has 4 aromatic rings. The molecule has 0 saturated carbocycles. The lowest BCUT2D eigenvalue weighted by Crippen LogP contribution is -2.43. The van der Waals surface area contributed by atoms with Crippen LogP contribution >= 0.6 is 11.3 Å². The second-order valence-corrected chi connectivity index (χ2v) is 12.5. The number of fused-ring (bicyclic) bond motifs is 3. The number of ether oxygens (including phenoxy) is 3. The van der Waals surface area contributed by atoms with Crippen LogP contribution in [0.5, 0.6) is 11.5 Å². The zero-order chi connectivity index (χ0) is 33.1. The zero-order valence-electron chi connectivity index (χ0n) is 26.3. The highest BCUT2D eigenvalue weighted by Crippen LogP contribution is 2.38. The van der Waals surface area contributed by atoms with Crippen molar-refractivity contribution in [1.82, 2.24) is 9.47 Å². The molecule has 0 radical (unpaired) electrons. The Labute approximate surface area is 275 Å². The molecule has 2 aliphatic rings. The minimum Gasteiger partial charge on any atom is -0.493 e. The van der Waals surface area contributed by atoms with Gasteiger partial charge in [0.05, 0.1) is 43.8 Å². The number of anilines is 2. The van der Waals surface area contributed by atoms with Crippen LogP contribution in [0.4, 0.5) is 17.1 Å². The number of carbonyl (C=O) groups excluding carboxylic acids is 4. The summed E-state index contributed by atoms with van der Waals surface area (Å²) >= 11 is 1.32. The number of aromatic nitrogens is 1. The number of methoxy groups -OCH3 is 2. The molecule has 13 heteroatoms. The van der Waals surface area contributed by atoms with E-state index >= 15 is 0 Å². The Bertz CT molecular complexity index is 1890. The first-order valence-electron chi connectivity index (χ1n) is 15.3. The van der Waals surface area contributed by atoms with Gasteiger partial charge in [0.15, 0.2) is 11.5 Å². The molecule has 2 N–H and O–H groups in total. The molecule has 12 nitrogen and oxygen atoms in total. The van der Waals surface area contributed by atoms with Gasteiger partial charge in [-0.25, -0.2) is 4.79 Å². The van der Waals surface area contributed by atoms with E-state index in [2.05, 4.69) is 15.6 Å². The number of piperidine rings is 1. The lowest BCUT2D eigenvalue weighted by Gasteiger charge is -2.32. The number of thiophene rings is 1. The summed E-state index contributed by atoms with van der Waals surface area (Å²) in [4.78, 5) is 57.8. The van der Waals surface area contributed by atoms with Crippen molar-refractivity contribution in [2.75, 3.05) is 38.0 Å². The summed E-state index contributed by atoms with van der Waals surface area (Å²) in [7, 11) is 4.58. The van der Waals surface area contributed by atoms with Gasteiger partial charge in [-0.05, 0) is 67.5 Å². The van der Waals surface area contributed by atoms with Crippen molar-refractivity contribution in [2.45, 2.75) is 38.1 Å². The maximum Gasteiger partial charge on any atom is 0.348 e. The fraction of sp³-hybridized carbons (Fsp3) is 0.324. The molecular formula is C34H35N5O7S. The number of benzene rings is 2. The molecule has 2 aromatic heterocycles. The summed E-state index contributed by atoms with van der Waals surface area (Å²) in [6.07, 6.45) is 7.07. The van der Waals surface area contributed by atoms with Crippen molar-refractivity contribution in [3.63, 3.8) is 0 Å². The number of hydrogen-bond donors (Lipinski definition) is 2. The Morgan fingerprint density at radius 3 is 2.68 bits per heavy atom. The van der Waals surface area contributed by atoms with Crippen LogP contribution in [-0.2, 0) is 16.6 Å². The maximum absolute atomic E-state index is 13.2. The van der Waals surface area contributed by atoms with Gasteiger partial charge in [0.25, 0.3) is 11.8 Å². The third kappa shape index (κ3) is 6.85. The number of aryl methyl sites for hydroxylation is 1. The predicted octanol–water partition coefficient (Wildman–Crippen LogP) is 5.80. The summed E-state index contributed by atoms with van der Waals surface area (Å²) in [5, 5.41) is 6.53. The highest BCUT2D eigenvalue weighted by Gasteiger charge is 2.31. The van der Waals surface area contributed by atoms with Gasteiger partial charge in [-0.3, -0.25) is 19.4 Å². The Morgan fingerprint density at radius 2 is 1.87 bits per heavy atom. The summed E-state index contributed by atoms with van der Waals surface area (Å²) in [5.74, 6) is -0.143. The van der Waals surface area contributed by atoms with Gasteiger partial charge in [0.1, 0.15) is 10.6 Å². The van der Waals surface area contributed by atoms with E-state index in [1.165, 1.54) is 25.6 Å². The van der Waals surface area contributed by atoms with Crippen LogP contribution in [0.15, 0.2) is 53.7 Å². The second-order valence-electron chi connectivity index (χ2n) is 11.4. The van der Waals surface area contributed by atoms with E-state index in [-0.39, 0.29) is 36.8 Å². The molecule has 4 heterocycles. The summed E-state index contributed by atoms with van der Waals surface area (Å²) < 4.78 is 18.8. The van der Waals surface area contributed by atoms with Crippen LogP contribution in [0.1, 0.15) is 62.6 Å². The quantitative estimate of drug-likeness (QED) is 0.162. The molecule has 6 rings (SSSR count). The van der Waals surface area contributed by atoms with Crippen molar-refractivity contribution in [2.24, 2.45) is 12.0 Å². The standard InChI is InChI=1S/C34H35N5O7S/c1-38-19-22(15-26(38)32(41)37-21-9-10-29-20(13-21)14-30(47-29)34(43)45-3)36-31(40)8-6-12-46-28-17-25-24(16-27(28)44-2)33(42)39-11-5-4-7-23(39)18-35-25/h9-10,13-19,23H,4-8,11-12H2,1-3H3,(H,36,40)(H,37,41)/t23-/m0/s1. The smallest absolute Gasteiger partial charge is 0.348 e. The van der Waals surface area contributed by atoms with E-state index in [4.69, 9.17) is 14.2 Å². The topological polar surface area (TPSA) is 141 Å². The lowest BCUT2D eigenvalue weighted by molar-refractivity contribution is -0.116. The molecule has 47 heavy (non-hydrogen) atoms. The average molecular weight is 658 g/mol. The number of carbonyl (C=O) groups is 4. The Balaban J connectivity index is 1.02. The van der Waals surface area contributed by atoms with Crippen molar-refractivity contribution >= 4 is 68.4 Å². The van der Waals surface area contributed by atoms with E-state index in [0.717, 1.165) is 29.3 Å². The third-order valence-corrected chi connectivity index (χ3v) is 9.29. The highest BCUT2D eigenvalue weighted by molar-refractivity contribution is 7.20. The molecule has 2 aliphatic heterocycles. The van der Waals surface area contributed by atoms with Gasteiger partial charge in [-0.1, -0.05) is 0 Å². The SMILES string of the molecule is COC(=O)c1cc2cc(NC(=O)c3cc(NC(=O)CCCOc4cc5c(cc4OC)C(=O)N4CCCC[C@H]4C=N5)cn3C)ccc2s1. The molecule has 3 amide bonds. The van der Waals surface area contributed by atoms with Gasteiger partial charge in [-0.15, -0.1) is 11.3 Å². The van der Waals surface area contributed by atoms with Crippen molar-refractivity contribution in [3.8, 4) is 11.5 Å². The number of rotatable bonds is 10. The summed E-state index contributed by atoms with van der Waals surface area (Å²) in [5.41, 5.74) is 2.45. The summed E-state index contributed by atoms with van der Waals surface area (Å²) in [6, 6.07) is 12.1. The lowest BCUT2D eigenvalue weighted by atomic mass is 10.0. The molecule has 0 bridgehead atoms. The first-order valence-corrected chi connectivity index (χ1v) is 16.1. The molecule has 0 spiro atoms. The number of aliphatic imine (C=N–C) groups is 1. The molecule has 1 atom stereocenters. The van der Waals surface area contributed by atoms with E-state index in [1.54, 1.807) is 54.2 Å². The average Bonchev–Trinajstić information content (AvgIpc) is 3.63. The number of nitrogens with one attached hydrogen (secondary N) is 2. The van der Waals surface area contributed by atoms with Gasteiger partial charge < -0.3 is 34.3 Å². The number of esters is 1. The molecule has 0 unspecified atom stereocenters. The van der Waals surface area contributed by atoms with Gasteiger partial charge >= 0.3 is 5.97 Å². The maximum atomic E-state index is 13.2. The number of hydrogen-bond acceptors (Lipinski definition) is 9. The highest BCUT2D eigenvalue weighted by atomic mass is 32.1. The predicted molar refractivity (Wildman–Crippen MR) is 180 cm³/mol. The fourth-order valence-electron chi connectivity index (χ4n) is 5.80. The minimum atomic E-state index is -0.405. The van der Waals surface area contributed by atoms with E-state index in [0.29, 0.717) is 57.7 Å². The molecule has 0 aliphatic carbocycles. The second kappa shape index (κ2) is 13.7. The van der Waals surface area contributed by atoms with Crippen molar-refractivity contribution < 1.29 is 33.4 Å². The van der Waals surface area contributed by atoms with Crippen LogP contribution in [0.25, 0.3) is 10.1 Å². The number of nitrogens with zero attached hydrogens (tertiary/aromatic N) is 3. The fourth-order valence-corrected chi connectivity index (χ4v) is 6.76. The van der Waals surface area contributed by atoms with Crippen LogP contribution in [0.3, 0.4) is 0 Å². The van der Waals surface area contributed by atoms with Crippen LogP contribution in [-0.4, -0.2) is 72.8 Å². The summed E-state index contributed by atoms with van der Waals surface area (Å²) in [6.45, 7) is 0.954. The van der Waals surface area contributed by atoms with Gasteiger partial charge in [0, 0.05) is 48.9 Å². The Morgan fingerprint density at radius 1 is 1.02 bits per heavy atom. The Kier molecular flexibility index (Phi) is 9.25. The Hall–Kier alpha value is -5.17. The van der Waals surface area contributed by atoms with E-state index < -0.39 is 5.97 Å². The van der Waals surface area contributed by atoms with E-state index in [1.807, 2.05) is 17.2 Å². The first kappa shape index (κ1) is 31.8. The van der Waals surface area contributed by atoms with E-state index in [9.17, 15) is 19.2 Å². The molecule has 244 valence electrons. The minimum absolute atomic E-state index is 0.00170. The van der Waals surface area contributed by atoms with Gasteiger partial charge in [0.2, 0.25) is 5.91 Å². The largest absolute Gasteiger partial charge is 0.493 e. The normalized spacial score (nSPS) is 15.4. The van der Waals surface area contributed by atoms with Crippen LogP contribution in [0, 0.1) is 0 Å². The van der Waals surface area contributed by atoms with Crippen molar-refractivity contribution in [3.05, 3.63) is 64.8 Å². The van der Waals surface area contributed by atoms with Crippen LogP contribution < -0.4 is 20.1 Å². The zero-order valence-corrected chi connectivity index (χ0v) is 27.1. The molecule has 2 aromatic carbocycles. The monoisotopic (exact) mass is 657 g/mol.